The minimum atomic E-state index is 0.706. The van der Waals surface area contributed by atoms with E-state index in [2.05, 4.69) is 188 Å². The lowest BCUT2D eigenvalue weighted by atomic mass is 9.94. The van der Waals surface area contributed by atoms with Crippen molar-refractivity contribution in [3.8, 4) is 56.3 Å². The number of rotatable bonds is 5. The first-order valence-electron chi connectivity index (χ1n) is 17.6. The summed E-state index contributed by atoms with van der Waals surface area (Å²) in [5.74, 6) is 0.706. The smallest absolute Gasteiger partial charge is 0.161 e. The SMILES string of the molecule is c1ccc(-c2cc(-c3ccc(-c4cc(-c5cccc6ccccc56)nc(-c5cccc6ccccc56)n4)cc3)nc3ccc4ccccc4c23)cc1. The van der Waals surface area contributed by atoms with Crippen LogP contribution in [-0.2, 0) is 0 Å². The predicted molar refractivity (Wildman–Crippen MR) is 217 cm³/mol. The van der Waals surface area contributed by atoms with Gasteiger partial charge in [-0.1, -0.05) is 170 Å². The van der Waals surface area contributed by atoms with E-state index in [1.165, 1.54) is 38.1 Å². The molecule has 0 radical (unpaired) electrons. The highest BCUT2D eigenvalue weighted by molar-refractivity contribution is 6.13. The van der Waals surface area contributed by atoms with E-state index in [4.69, 9.17) is 15.0 Å². The van der Waals surface area contributed by atoms with E-state index in [1.54, 1.807) is 0 Å². The number of hydrogen-bond donors (Lipinski definition) is 0. The summed E-state index contributed by atoms with van der Waals surface area (Å²) in [4.78, 5) is 15.7. The number of nitrogens with zero attached hydrogens (tertiary/aromatic N) is 3. The molecule has 0 aliphatic carbocycles. The van der Waals surface area contributed by atoms with Crippen molar-refractivity contribution in [2.45, 2.75) is 0 Å². The second-order valence-corrected chi connectivity index (χ2v) is 13.2. The summed E-state index contributed by atoms with van der Waals surface area (Å²) in [6.07, 6.45) is 0. The quantitative estimate of drug-likeness (QED) is 0.172. The first kappa shape index (κ1) is 29.9. The van der Waals surface area contributed by atoms with Crippen molar-refractivity contribution in [2.75, 3.05) is 0 Å². The summed E-state index contributed by atoms with van der Waals surface area (Å²) in [5, 5.41) is 8.23. The first-order valence-corrected chi connectivity index (χ1v) is 17.6. The molecule has 242 valence electrons. The summed E-state index contributed by atoms with van der Waals surface area (Å²) in [6.45, 7) is 0. The van der Waals surface area contributed by atoms with Gasteiger partial charge in [0.05, 0.1) is 22.6 Å². The highest BCUT2D eigenvalue weighted by Gasteiger charge is 2.16. The Hall–Kier alpha value is -6.97. The zero-order valence-corrected chi connectivity index (χ0v) is 28.2. The van der Waals surface area contributed by atoms with Crippen molar-refractivity contribution < 1.29 is 0 Å². The van der Waals surface area contributed by atoms with Crippen LogP contribution in [0.15, 0.2) is 188 Å². The molecule has 0 saturated carbocycles. The molecule has 3 nitrogen and oxygen atoms in total. The van der Waals surface area contributed by atoms with Crippen molar-refractivity contribution in [3.63, 3.8) is 0 Å². The molecule has 3 heteroatoms. The number of fused-ring (bicyclic) bond motifs is 5. The number of pyridine rings is 1. The van der Waals surface area contributed by atoms with Gasteiger partial charge in [0.25, 0.3) is 0 Å². The second-order valence-electron chi connectivity index (χ2n) is 13.2. The maximum absolute atomic E-state index is 5.23. The fraction of sp³-hybridized carbons (Fsp3) is 0. The van der Waals surface area contributed by atoms with Gasteiger partial charge in [0.15, 0.2) is 5.82 Å². The van der Waals surface area contributed by atoms with E-state index >= 15 is 0 Å². The standard InChI is InChI=1S/C49H31N3/c1-2-12-34(13-3-1)43-30-45(50-44-29-28-35-16-6-9-21-40(35)48(43)44)36-24-26-37(27-25-36)46-31-47(41-22-10-17-32-14-4-7-19-38(32)41)52-49(51-46)42-23-11-18-33-15-5-8-20-39(33)42/h1-31H. The second kappa shape index (κ2) is 12.4. The van der Waals surface area contributed by atoms with Crippen molar-refractivity contribution in [2.24, 2.45) is 0 Å². The summed E-state index contributed by atoms with van der Waals surface area (Å²) in [5.41, 5.74) is 10.2. The number of aromatic nitrogens is 3. The fourth-order valence-corrected chi connectivity index (χ4v) is 7.53. The Morgan fingerprint density at radius 2 is 0.808 bits per heavy atom. The molecule has 0 N–H and O–H groups in total. The Morgan fingerprint density at radius 3 is 1.50 bits per heavy atom. The number of hydrogen-bond acceptors (Lipinski definition) is 3. The Balaban J connectivity index is 1.13. The molecule has 0 aliphatic heterocycles. The average molecular weight is 662 g/mol. The third kappa shape index (κ3) is 5.19. The van der Waals surface area contributed by atoms with Crippen LogP contribution >= 0.6 is 0 Å². The Labute approximate surface area is 301 Å². The van der Waals surface area contributed by atoms with Gasteiger partial charge in [-0.2, -0.15) is 0 Å². The minimum absolute atomic E-state index is 0.706. The van der Waals surface area contributed by atoms with Gasteiger partial charge in [0, 0.05) is 27.6 Å². The molecule has 0 aliphatic rings. The maximum Gasteiger partial charge on any atom is 0.161 e. The van der Waals surface area contributed by atoms with Crippen LogP contribution in [0.2, 0.25) is 0 Å². The molecule has 10 rings (SSSR count). The molecule has 2 heterocycles. The molecule has 0 saturated heterocycles. The Kier molecular flexibility index (Phi) is 7.14. The van der Waals surface area contributed by atoms with Crippen LogP contribution in [0.3, 0.4) is 0 Å². The van der Waals surface area contributed by atoms with Gasteiger partial charge < -0.3 is 0 Å². The molecule has 0 fully saturated rings. The van der Waals surface area contributed by atoms with E-state index < -0.39 is 0 Å². The molecule has 0 unspecified atom stereocenters. The van der Waals surface area contributed by atoms with Gasteiger partial charge in [-0.25, -0.2) is 15.0 Å². The van der Waals surface area contributed by atoms with Crippen LogP contribution in [0.25, 0.3) is 99.5 Å². The zero-order valence-electron chi connectivity index (χ0n) is 28.2. The molecular formula is C49H31N3. The van der Waals surface area contributed by atoms with Crippen LogP contribution in [0.1, 0.15) is 0 Å². The molecule has 8 aromatic carbocycles. The topological polar surface area (TPSA) is 38.7 Å². The summed E-state index contributed by atoms with van der Waals surface area (Å²) >= 11 is 0. The summed E-state index contributed by atoms with van der Waals surface area (Å²) < 4.78 is 0. The van der Waals surface area contributed by atoms with Crippen LogP contribution in [0.5, 0.6) is 0 Å². The largest absolute Gasteiger partial charge is 0.248 e. The Bertz CT molecular complexity index is 2840. The Morgan fingerprint density at radius 1 is 0.288 bits per heavy atom. The molecule has 52 heavy (non-hydrogen) atoms. The molecular weight excluding hydrogens is 631 g/mol. The van der Waals surface area contributed by atoms with Crippen molar-refractivity contribution >= 4 is 43.2 Å². The van der Waals surface area contributed by atoms with E-state index in [0.29, 0.717) is 5.82 Å². The molecule has 10 aromatic rings. The van der Waals surface area contributed by atoms with Gasteiger partial charge in [-0.15, -0.1) is 0 Å². The first-order chi connectivity index (χ1) is 25.8. The van der Waals surface area contributed by atoms with Crippen LogP contribution in [0, 0.1) is 0 Å². The molecule has 0 atom stereocenters. The maximum atomic E-state index is 5.23. The summed E-state index contributed by atoms with van der Waals surface area (Å²) in [6, 6.07) is 66.2. The summed E-state index contributed by atoms with van der Waals surface area (Å²) in [7, 11) is 0. The van der Waals surface area contributed by atoms with E-state index in [-0.39, 0.29) is 0 Å². The van der Waals surface area contributed by atoms with Gasteiger partial charge in [-0.05, 0) is 61.6 Å². The third-order valence-electron chi connectivity index (χ3n) is 10.1. The van der Waals surface area contributed by atoms with E-state index in [9.17, 15) is 0 Å². The van der Waals surface area contributed by atoms with E-state index in [1.807, 2.05) is 0 Å². The zero-order chi connectivity index (χ0) is 34.4. The minimum Gasteiger partial charge on any atom is -0.248 e. The van der Waals surface area contributed by atoms with Gasteiger partial charge in [0.1, 0.15) is 0 Å². The predicted octanol–water partition coefficient (Wildman–Crippen LogP) is 12.8. The van der Waals surface area contributed by atoms with Crippen LogP contribution < -0.4 is 0 Å². The molecule has 0 spiro atoms. The average Bonchev–Trinajstić information content (AvgIpc) is 3.23. The van der Waals surface area contributed by atoms with Crippen LogP contribution in [-0.4, -0.2) is 15.0 Å². The monoisotopic (exact) mass is 661 g/mol. The molecule has 2 aromatic heterocycles. The van der Waals surface area contributed by atoms with Crippen molar-refractivity contribution in [1.29, 1.82) is 0 Å². The third-order valence-corrected chi connectivity index (χ3v) is 10.1. The van der Waals surface area contributed by atoms with Crippen molar-refractivity contribution in [1.82, 2.24) is 15.0 Å². The molecule has 0 amide bonds. The lowest BCUT2D eigenvalue weighted by molar-refractivity contribution is 1.19. The van der Waals surface area contributed by atoms with Crippen LogP contribution in [0.4, 0.5) is 0 Å². The number of benzene rings is 8. The van der Waals surface area contributed by atoms with Gasteiger partial charge in [-0.3, -0.25) is 0 Å². The van der Waals surface area contributed by atoms with Gasteiger partial charge in [0.2, 0.25) is 0 Å². The van der Waals surface area contributed by atoms with Crippen molar-refractivity contribution in [3.05, 3.63) is 188 Å². The fourth-order valence-electron chi connectivity index (χ4n) is 7.53. The van der Waals surface area contributed by atoms with Gasteiger partial charge >= 0.3 is 0 Å². The van der Waals surface area contributed by atoms with E-state index in [0.717, 1.165) is 55.6 Å². The lowest BCUT2D eigenvalue weighted by Crippen LogP contribution is -1.97. The molecule has 0 bridgehead atoms. The lowest BCUT2D eigenvalue weighted by Gasteiger charge is -2.14. The highest BCUT2D eigenvalue weighted by Crippen LogP contribution is 2.38. The normalized spacial score (nSPS) is 11.5. The highest BCUT2D eigenvalue weighted by atomic mass is 14.9.